The molecule has 0 amide bonds. The number of rotatable bonds is 1. The zero-order valence-corrected chi connectivity index (χ0v) is 22.7. The summed E-state index contributed by atoms with van der Waals surface area (Å²) in [5.74, 6) is 1.02. The number of allylic oxidation sites excluding steroid dienone is 3. The van der Waals surface area contributed by atoms with Gasteiger partial charge in [0.25, 0.3) is 0 Å². The van der Waals surface area contributed by atoms with Gasteiger partial charge in [0.1, 0.15) is 6.10 Å². The van der Waals surface area contributed by atoms with Gasteiger partial charge in [0.2, 0.25) is 0 Å². The lowest BCUT2D eigenvalue weighted by molar-refractivity contribution is -0.166. The zero-order valence-electron chi connectivity index (χ0n) is 22.7. The molecule has 0 radical (unpaired) electrons. The number of ketones is 1. The van der Waals surface area contributed by atoms with Gasteiger partial charge >= 0.3 is 0 Å². The van der Waals surface area contributed by atoms with Crippen LogP contribution in [0, 0.1) is 45.3 Å². The van der Waals surface area contributed by atoms with Crippen LogP contribution in [0.25, 0.3) is 0 Å². The molecular formula is C30H46O5. The van der Waals surface area contributed by atoms with Crippen LogP contribution < -0.4 is 0 Å². The number of hydrogen-bond donors (Lipinski definition) is 3. The van der Waals surface area contributed by atoms with Crippen molar-refractivity contribution in [3.8, 4) is 0 Å². The summed E-state index contributed by atoms with van der Waals surface area (Å²) in [5.41, 5.74) is -0.431. The van der Waals surface area contributed by atoms with Crippen molar-refractivity contribution in [3.05, 3.63) is 23.8 Å². The van der Waals surface area contributed by atoms with Crippen LogP contribution in [-0.2, 0) is 9.53 Å². The molecule has 4 aliphatic carbocycles. The first-order chi connectivity index (χ1) is 16.1. The topological polar surface area (TPSA) is 87.0 Å². The molecule has 1 heterocycles. The second kappa shape index (κ2) is 7.75. The van der Waals surface area contributed by atoms with E-state index in [1.54, 1.807) is 0 Å². The molecule has 196 valence electrons. The Morgan fingerprint density at radius 2 is 1.66 bits per heavy atom. The van der Waals surface area contributed by atoms with E-state index in [2.05, 4.69) is 46.8 Å². The van der Waals surface area contributed by atoms with E-state index in [9.17, 15) is 20.1 Å². The molecule has 0 aromatic heterocycles. The van der Waals surface area contributed by atoms with E-state index in [1.807, 2.05) is 19.9 Å². The van der Waals surface area contributed by atoms with Gasteiger partial charge in [-0.3, -0.25) is 4.79 Å². The van der Waals surface area contributed by atoms with Crippen LogP contribution >= 0.6 is 0 Å². The average molecular weight is 487 g/mol. The van der Waals surface area contributed by atoms with Crippen molar-refractivity contribution in [2.45, 2.75) is 104 Å². The lowest BCUT2D eigenvalue weighted by Gasteiger charge is -2.66. The first kappa shape index (κ1) is 25.6. The molecule has 10 atom stereocenters. The van der Waals surface area contributed by atoms with Gasteiger partial charge in [0, 0.05) is 10.8 Å². The highest BCUT2D eigenvalue weighted by molar-refractivity contribution is 5.95. The Hall–Kier alpha value is -1.01. The standard InChI is InChI=1S/C30H46O5/c1-26(2)22-15-24(33)30(7)20-9-8-18(17-14-19(31)25(34)27(3,4)35-16-17)28(20,5)12-10-21(30)29(22,6)13-11-23(26)32/h9,11,13,17-19,21-22,24-25,31,33-34H,8,10,12,14-16H2,1-7H3. The maximum Gasteiger partial charge on any atom is 0.161 e. The monoisotopic (exact) mass is 486 g/mol. The lowest BCUT2D eigenvalue weighted by atomic mass is 9.38. The summed E-state index contributed by atoms with van der Waals surface area (Å²) >= 11 is 0. The van der Waals surface area contributed by atoms with Crippen LogP contribution in [0.4, 0.5) is 0 Å². The molecule has 0 aromatic carbocycles. The third kappa shape index (κ3) is 3.30. The number of hydrogen-bond acceptors (Lipinski definition) is 5. The van der Waals surface area contributed by atoms with Gasteiger partial charge in [-0.1, -0.05) is 52.3 Å². The number of aliphatic hydroxyl groups is 3. The highest BCUT2D eigenvalue weighted by atomic mass is 16.5. The summed E-state index contributed by atoms with van der Waals surface area (Å²) in [7, 11) is 0. The Morgan fingerprint density at radius 1 is 0.971 bits per heavy atom. The van der Waals surface area contributed by atoms with Gasteiger partial charge in [-0.05, 0) is 86.5 Å². The number of fused-ring (bicyclic) bond motifs is 5. The van der Waals surface area contributed by atoms with Crippen molar-refractivity contribution in [2.75, 3.05) is 6.61 Å². The van der Waals surface area contributed by atoms with Crippen molar-refractivity contribution in [2.24, 2.45) is 45.3 Å². The third-order valence-electron chi connectivity index (χ3n) is 11.9. The minimum absolute atomic E-state index is 0.0771. The number of carbonyl (C=O) groups excluding carboxylic acids is 1. The maximum absolute atomic E-state index is 12.8. The lowest BCUT2D eigenvalue weighted by Crippen LogP contribution is -2.63. The van der Waals surface area contributed by atoms with Crippen LogP contribution in [0.5, 0.6) is 0 Å². The summed E-state index contributed by atoms with van der Waals surface area (Å²) < 4.78 is 6.17. The van der Waals surface area contributed by atoms with Gasteiger partial charge < -0.3 is 20.1 Å². The van der Waals surface area contributed by atoms with Crippen LogP contribution in [0.3, 0.4) is 0 Å². The van der Waals surface area contributed by atoms with Crippen LogP contribution in [-0.4, -0.2) is 51.6 Å². The van der Waals surface area contributed by atoms with Gasteiger partial charge in [-0.15, -0.1) is 0 Å². The molecule has 1 aliphatic heterocycles. The molecule has 1 saturated heterocycles. The van der Waals surface area contributed by atoms with Gasteiger partial charge in [-0.25, -0.2) is 0 Å². The van der Waals surface area contributed by atoms with E-state index in [-0.39, 0.29) is 39.8 Å². The zero-order chi connectivity index (χ0) is 25.8. The molecule has 0 spiro atoms. The van der Waals surface area contributed by atoms with Crippen molar-refractivity contribution in [3.63, 3.8) is 0 Å². The highest BCUT2D eigenvalue weighted by Crippen LogP contribution is 2.72. The summed E-state index contributed by atoms with van der Waals surface area (Å²) in [6.45, 7) is 15.3. The largest absolute Gasteiger partial charge is 0.392 e. The molecule has 5 aliphatic rings. The maximum atomic E-state index is 12.8. The van der Waals surface area contributed by atoms with E-state index in [1.165, 1.54) is 5.57 Å². The minimum Gasteiger partial charge on any atom is -0.392 e. The molecule has 3 fully saturated rings. The van der Waals surface area contributed by atoms with E-state index in [0.717, 1.165) is 19.3 Å². The van der Waals surface area contributed by atoms with E-state index in [4.69, 9.17) is 4.74 Å². The summed E-state index contributed by atoms with van der Waals surface area (Å²) in [4.78, 5) is 12.8. The van der Waals surface area contributed by atoms with Crippen molar-refractivity contribution in [1.82, 2.24) is 0 Å². The van der Waals surface area contributed by atoms with Crippen LogP contribution in [0.15, 0.2) is 23.8 Å². The molecule has 3 N–H and O–H groups in total. The molecule has 2 saturated carbocycles. The quantitative estimate of drug-likeness (QED) is 0.477. The normalized spacial score (nSPS) is 52.7. The number of ether oxygens (including phenoxy) is 1. The highest BCUT2D eigenvalue weighted by Gasteiger charge is 2.67. The Morgan fingerprint density at radius 3 is 2.34 bits per heavy atom. The fourth-order valence-corrected chi connectivity index (χ4v) is 9.68. The number of aliphatic hydroxyl groups excluding tert-OH is 3. The third-order valence-corrected chi connectivity index (χ3v) is 11.9. The SMILES string of the molecule is CC1(C)OCC(C2CC=C3C2(C)CCC2C4(C)C=CC(=O)C(C)(C)C4CC(O)C32C)CC(O)C1O. The van der Waals surface area contributed by atoms with Crippen molar-refractivity contribution in [1.29, 1.82) is 0 Å². The van der Waals surface area contributed by atoms with Crippen LogP contribution in [0.1, 0.15) is 80.6 Å². The molecular weight excluding hydrogens is 440 g/mol. The molecule has 5 heteroatoms. The van der Waals surface area contributed by atoms with Gasteiger partial charge in [0.05, 0.1) is 24.4 Å². The van der Waals surface area contributed by atoms with Gasteiger partial charge in [0.15, 0.2) is 5.78 Å². The van der Waals surface area contributed by atoms with E-state index in [0.29, 0.717) is 25.4 Å². The summed E-state index contributed by atoms with van der Waals surface area (Å²) in [5, 5.41) is 33.2. The minimum atomic E-state index is -0.899. The fraction of sp³-hybridized carbons (Fsp3) is 0.833. The van der Waals surface area contributed by atoms with E-state index >= 15 is 0 Å². The second-order valence-corrected chi connectivity index (χ2v) is 14.3. The molecule has 5 rings (SSSR count). The molecule has 35 heavy (non-hydrogen) atoms. The molecule has 0 aromatic rings. The Labute approximate surface area is 211 Å². The fourth-order valence-electron chi connectivity index (χ4n) is 9.68. The van der Waals surface area contributed by atoms with E-state index < -0.39 is 29.3 Å². The predicted octanol–water partition coefficient (Wildman–Crippen LogP) is 4.44. The van der Waals surface area contributed by atoms with Crippen molar-refractivity contribution < 1.29 is 24.9 Å². The molecule has 0 bridgehead atoms. The number of carbonyl (C=O) groups is 1. The Balaban J connectivity index is 1.49. The first-order valence-electron chi connectivity index (χ1n) is 13.7. The van der Waals surface area contributed by atoms with Crippen molar-refractivity contribution >= 4 is 5.78 Å². The second-order valence-electron chi connectivity index (χ2n) is 14.3. The Bertz CT molecular complexity index is 964. The first-order valence-corrected chi connectivity index (χ1v) is 13.7. The predicted molar refractivity (Wildman–Crippen MR) is 135 cm³/mol. The average Bonchev–Trinajstić information content (AvgIpc) is 3.09. The van der Waals surface area contributed by atoms with Crippen LogP contribution in [0.2, 0.25) is 0 Å². The summed E-state index contributed by atoms with van der Waals surface area (Å²) in [6.07, 6.45) is 8.30. The Kier molecular flexibility index (Phi) is 5.68. The summed E-state index contributed by atoms with van der Waals surface area (Å²) in [6, 6.07) is 0. The molecule has 5 nitrogen and oxygen atoms in total. The van der Waals surface area contributed by atoms with Gasteiger partial charge in [-0.2, -0.15) is 0 Å². The molecule has 10 unspecified atom stereocenters. The smallest absolute Gasteiger partial charge is 0.161 e.